The van der Waals surface area contributed by atoms with Crippen LogP contribution in [0.2, 0.25) is 10.0 Å². The van der Waals surface area contributed by atoms with E-state index in [0.717, 1.165) is 29.9 Å². The van der Waals surface area contributed by atoms with Crippen LogP contribution in [0.15, 0.2) is 30.3 Å². The zero-order valence-corrected chi connectivity index (χ0v) is 13.2. The third kappa shape index (κ3) is 3.51. The van der Waals surface area contributed by atoms with Crippen molar-refractivity contribution in [3.63, 3.8) is 0 Å². The van der Waals surface area contributed by atoms with E-state index in [1.807, 2.05) is 18.2 Å². The van der Waals surface area contributed by atoms with Crippen molar-refractivity contribution in [3.8, 4) is 0 Å². The van der Waals surface area contributed by atoms with Crippen molar-refractivity contribution in [1.29, 1.82) is 0 Å². The molecule has 0 radical (unpaired) electrons. The monoisotopic (exact) mass is 336 g/mol. The van der Waals surface area contributed by atoms with Gasteiger partial charge in [0.25, 0.3) is 6.47 Å². The van der Waals surface area contributed by atoms with Crippen LogP contribution >= 0.6 is 23.2 Å². The minimum Gasteiger partial charge on any atom is -0.461 e. The van der Waals surface area contributed by atoms with E-state index in [1.165, 1.54) is 0 Å². The average Bonchev–Trinajstić information content (AvgIpc) is 3.33. The van der Waals surface area contributed by atoms with Crippen molar-refractivity contribution in [2.24, 2.45) is 0 Å². The van der Waals surface area contributed by atoms with E-state index >= 15 is 0 Å². The molecular formula is C16H14Cl2N2O2. The summed E-state index contributed by atoms with van der Waals surface area (Å²) in [6.45, 7) is 0.567. The van der Waals surface area contributed by atoms with E-state index in [-0.39, 0.29) is 6.61 Å². The van der Waals surface area contributed by atoms with Crippen molar-refractivity contribution in [2.45, 2.75) is 25.4 Å². The number of rotatable bonds is 6. The lowest BCUT2D eigenvalue weighted by atomic mass is 10.1. The summed E-state index contributed by atoms with van der Waals surface area (Å²) in [5.74, 6) is 1.28. The van der Waals surface area contributed by atoms with Gasteiger partial charge >= 0.3 is 0 Å². The first-order valence-corrected chi connectivity index (χ1v) is 7.70. The number of anilines is 2. The molecule has 0 saturated heterocycles. The van der Waals surface area contributed by atoms with Gasteiger partial charge in [-0.15, -0.1) is 0 Å². The number of benzene rings is 1. The molecule has 1 N–H and O–H groups in total. The largest absolute Gasteiger partial charge is 0.461 e. The van der Waals surface area contributed by atoms with Gasteiger partial charge in [0, 0.05) is 5.02 Å². The summed E-state index contributed by atoms with van der Waals surface area (Å²) in [5, 5.41) is 4.38. The van der Waals surface area contributed by atoms with Crippen LogP contribution < -0.4 is 5.32 Å². The van der Waals surface area contributed by atoms with E-state index in [0.29, 0.717) is 28.1 Å². The highest BCUT2D eigenvalue weighted by Gasteiger charge is 2.27. The summed E-state index contributed by atoms with van der Waals surface area (Å²) in [4.78, 5) is 14.9. The second kappa shape index (κ2) is 6.55. The molecule has 0 aliphatic heterocycles. The summed E-state index contributed by atoms with van der Waals surface area (Å²) in [7, 11) is 0. The Balaban J connectivity index is 1.90. The van der Waals surface area contributed by atoms with E-state index in [9.17, 15) is 4.79 Å². The molecule has 0 bridgehead atoms. The van der Waals surface area contributed by atoms with Crippen LogP contribution in [0.1, 0.15) is 30.0 Å². The number of hydrogen-bond donors (Lipinski definition) is 1. The second-order valence-corrected chi connectivity index (χ2v) is 6.01. The predicted molar refractivity (Wildman–Crippen MR) is 86.8 cm³/mol. The summed E-state index contributed by atoms with van der Waals surface area (Å²) < 4.78 is 4.77. The van der Waals surface area contributed by atoms with Crippen molar-refractivity contribution >= 4 is 41.2 Å². The molecule has 22 heavy (non-hydrogen) atoms. The van der Waals surface area contributed by atoms with E-state index in [4.69, 9.17) is 27.9 Å². The van der Waals surface area contributed by atoms with Crippen LogP contribution in [0.5, 0.6) is 0 Å². The Bertz CT molecular complexity index is 703. The lowest BCUT2D eigenvalue weighted by Crippen LogP contribution is -2.03. The molecule has 1 aliphatic carbocycles. The SMILES string of the molecule is O=COCc1ccc(C2CC2)c(Nc2ccc(Cl)cc2Cl)n1. The molecule has 3 rings (SSSR count). The van der Waals surface area contributed by atoms with Gasteiger partial charge in [-0.1, -0.05) is 29.3 Å². The Morgan fingerprint density at radius 1 is 1.27 bits per heavy atom. The van der Waals surface area contributed by atoms with Crippen molar-refractivity contribution < 1.29 is 9.53 Å². The number of carbonyl (C=O) groups is 1. The lowest BCUT2D eigenvalue weighted by molar-refractivity contribution is -0.129. The van der Waals surface area contributed by atoms with E-state index in [1.54, 1.807) is 12.1 Å². The molecule has 2 aromatic rings. The van der Waals surface area contributed by atoms with Gasteiger partial charge in [-0.05, 0) is 48.6 Å². The van der Waals surface area contributed by atoms with Crippen LogP contribution in [-0.4, -0.2) is 11.5 Å². The zero-order chi connectivity index (χ0) is 15.5. The summed E-state index contributed by atoms with van der Waals surface area (Å²) >= 11 is 12.1. The molecule has 1 aliphatic rings. The fourth-order valence-electron chi connectivity index (χ4n) is 2.25. The number of nitrogens with zero attached hydrogens (tertiary/aromatic N) is 1. The van der Waals surface area contributed by atoms with Crippen molar-refractivity contribution in [1.82, 2.24) is 4.98 Å². The molecule has 114 valence electrons. The topological polar surface area (TPSA) is 51.2 Å². The van der Waals surface area contributed by atoms with Crippen LogP contribution in [0.25, 0.3) is 0 Å². The fraction of sp³-hybridized carbons (Fsp3) is 0.250. The Hall–Kier alpha value is -1.78. The molecule has 1 heterocycles. The zero-order valence-electron chi connectivity index (χ0n) is 11.7. The quantitative estimate of drug-likeness (QED) is 0.778. The smallest absolute Gasteiger partial charge is 0.293 e. The van der Waals surface area contributed by atoms with Crippen LogP contribution in [0.3, 0.4) is 0 Å². The number of halogens is 2. The average molecular weight is 337 g/mol. The van der Waals surface area contributed by atoms with Gasteiger partial charge < -0.3 is 10.1 Å². The molecule has 4 nitrogen and oxygen atoms in total. The highest BCUT2D eigenvalue weighted by atomic mass is 35.5. The molecule has 1 fully saturated rings. The first kappa shape index (κ1) is 15.1. The lowest BCUT2D eigenvalue weighted by Gasteiger charge is -2.13. The van der Waals surface area contributed by atoms with E-state index in [2.05, 4.69) is 10.3 Å². The molecule has 0 atom stereocenters. The fourth-order valence-corrected chi connectivity index (χ4v) is 2.71. The highest BCUT2D eigenvalue weighted by molar-refractivity contribution is 6.36. The normalized spacial score (nSPS) is 13.7. The molecule has 1 saturated carbocycles. The molecule has 1 aromatic carbocycles. The predicted octanol–water partition coefficient (Wildman–Crippen LogP) is 4.68. The Morgan fingerprint density at radius 2 is 2.09 bits per heavy atom. The van der Waals surface area contributed by atoms with Crippen LogP contribution in [-0.2, 0) is 16.1 Å². The third-order valence-electron chi connectivity index (χ3n) is 3.48. The summed E-state index contributed by atoms with van der Waals surface area (Å²) in [6, 6.07) is 9.18. The number of aromatic nitrogens is 1. The molecule has 0 amide bonds. The van der Waals surface area contributed by atoms with Gasteiger partial charge in [-0.2, -0.15) is 0 Å². The Kier molecular flexibility index (Phi) is 4.50. The van der Waals surface area contributed by atoms with Gasteiger partial charge in [-0.3, -0.25) is 4.79 Å². The molecule has 6 heteroatoms. The molecule has 0 spiro atoms. The molecule has 1 aromatic heterocycles. The van der Waals surface area contributed by atoms with Gasteiger partial charge in [-0.25, -0.2) is 4.98 Å². The summed E-state index contributed by atoms with van der Waals surface area (Å²) in [6.07, 6.45) is 2.32. The van der Waals surface area contributed by atoms with Gasteiger partial charge in [0.15, 0.2) is 0 Å². The molecule has 0 unspecified atom stereocenters. The summed E-state index contributed by atoms with van der Waals surface area (Å²) in [5.41, 5.74) is 2.58. The minimum atomic E-state index is 0.150. The van der Waals surface area contributed by atoms with Crippen molar-refractivity contribution in [2.75, 3.05) is 5.32 Å². The van der Waals surface area contributed by atoms with Crippen molar-refractivity contribution in [3.05, 3.63) is 51.6 Å². The number of pyridine rings is 1. The Morgan fingerprint density at radius 3 is 2.77 bits per heavy atom. The maximum Gasteiger partial charge on any atom is 0.293 e. The van der Waals surface area contributed by atoms with Gasteiger partial charge in [0.2, 0.25) is 0 Å². The first-order chi connectivity index (χ1) is 10.7. The Labute approximate surface area is 138 Å². The maximum absolute atomic E-state index is 10.3. The van der Waals surface area contributed by atoms with Crippen LogP contribution in [0, 0.1) is 0 Å². The number of hydrogen-bond acceptors (Lipinski definition) is 4. The van der Waals surface area contributed by atoms with Crippen LogP contribution in [0.4, 0.5) is 11.5 Å². The standard InChI is InChI=1S/C16H14Cl2N2O2/c17-11-3-6-15(14(18)7-11)20-16-13(10-1-2-10)5-4-12(19-16)8-22-9-21/h3-7,9-10H,1-2,8H2,(H,19,20). The number of ether oxygens (including phenoxy) is 1. The first-order valence-electron chi connectivity index (χ1n) is 6.94. The highest BCUT2D eigenvalue weighted by Crippen LogP contribution is 2.44. The maximum atomic E-state index is 10.3. The third-order valence-corrected chi connectivity index (χ3v) is 4.03. The minimum absolute atomic E-state index is 0.150. The number of nitrogens with one attached hydrogen (secondary N) is 1. The van der Waals surface area contributed by atoms with E-state index < -0.39 is 0 Å². The number of carbonyl (C=O) groups excluding carboxylic acids is 1. The second-order valence-electron chi connectivity index (χ2n) is 5.17. The van der Waals surface area contributed by atoms with Gasteiger partial charge in [0.05, 0.1) is 16.4 Å². The van der Waals surface area contributed by atoms with Gasteiger partial charge in [0.1, 0.15) is 12.4 Å². The molecular weight excluding hydrogens is 323 g/mol.